The minimum absolute atomic E-state index is 0.103. The number of hydrogen-bond donors (Lipinski definition) is 1. The van der Waals surface area contributed by atoms with Crippen LogP contribution in [0.25, 0.3) is 0 Å². The van der Waals surface area contributed by atoms with E-state index in [9.17, 15) is 14.9 Å². The molecule has 0 saturated carbocycles. The molecule has 3 rings (SSSR count). The van der Waals surface area contributed by atoms with Gasteiger partial charge in [0.25, 0.3) is 5.91 Å². The Morgan fingerprint density at radius 3 is 2.83 bits per heavy atom. The van der Waals surface area contributed by atoms with Gasteiger partial charge in [-0.1, -0.05) is 5.16 Å². The largest absolute Gasteiger partial charge is 0.454 e. The van der Waals surface area contributed by atoms with Crippen LogP contribution in [0.5, 0.6) is 0 Å². The molecule has 0 fully saturated rings. The Hall–Kier alpha value is -3.43. The van der Waals surface area contributed by atoms with Gasteiger partial charge in [-0.05, 0) is 26.0 Å². The first-order chi connectivity index (χ1) is 11.4. The van der Waals surface area contributed by atoms with Crippen molar-refractivity contribution in [1.29, 1.82) is 0 Å². The number of nitrogens with one attached hydrogen (secondary N) is 1. The fraction of sp³-hybridized carbons (Fsp3) is 0.214. The molecule has 3 aromatic rings. The average Bonchev–Trinajstić information content (AvgIpc) is 3.25. The first-order valence-corrected chi connectivity index (χ1v) is 6.94. The Morgan fingerprint density at radius 2 is 2.21 bits per heavy atom. The highest BCUT2D eigenvalue weighted by Gasteiger charge is 2.17. The van der Waals surface area contributed by atoms with Crippen LogP contribution < -0.4 is 5.32 Å². The Bertz CT molecular complexity index is 887. The summed E-state index contributed by atoms with van der Waals surface area (Å²) in [5, 5.41) is 20.9. The topological polar surface area (TPSA) is 129 Å². The maximum absolute atomic E-state index is 12.2. The van der Waals surface area contributed by atoms with Crippen LogP contribution in [0, 0.1) is 24.0 Å². The lowest BCUT2D eigenvalue weighted by Crippen LogP contribution is -2.12. The molecule has 0 bridgehead atoms. The summed E-state index contributed by atoms with van der Waals surface area (Å²) in [5.74, 6) is 0.599. The van der Waals surface area contributed by atoms with Gasteiger partial charge in [-0.3, -0.25) is 19.6 Å². The number of carbonyl (C=O) groups excluding carboxylic acids is 1. The quantitative estimate of drug-likeness (QED) is 0.560. The van der Waals surface area contributed by atoms with Gasteiger partial charge in [-0.15, -0.1) is 0 Å². The molecule has 0 spiro atoms. The number of anilines is 1. The minimum atomic E-state index is -0.534. The average molecular weight is 331 g/mol. The third-order valence-electron chi connectivity index (χ3n) is 3.31. The van der Waals surface area contributed by atoms with E-state index in [0.29, 0.717) is 22.9 Å². The summed E-state index contributed by atoms with van der Waals surface area (Å²) in [4.78, 5) is 22.3. The van der Waals surface area contributed by atoms with E-state index in [0.717, 1.165) is 6.20 Å². The predicted molar refractivity (Wildman–Crippen MR) is 80.6 cm³/mol. The molecule has 24 heavy (non-hydrogen) atoms. The molecule has 124 valence electrons. The molecule has 0 atom stereocenters. The molecule has 0 aliphatic rings. The molecule has 3 heterocycles. The summed E-state index contributed by atoms with van der Waals surface area (Å²) in [6.07, 6.45) is 2.43. The van der Waals surface area contributed by atoms with Gasteiger partial charge in [0.2, 0.25) is 0 Å². The number of rotatable bonds is 5. The zero-order valence-corrected chi connectivity index (χ0v) is 12.8. The van der Waals surface area contributed by atoms with E-state index < -0.39 is 10.8 Å². The van der Waals surface area contributed by atoms with Crippen molar-refractivity contribution >= 4 is 17.3 Å². The van der Waals surface area contributed by atoms with E-state index in [1.165, 1.54) is 16.9 Å². The minimum Gasteiger partial charge on any atom is -0.454 e. The second kappa shape index (κ2) is 5.99. The fourth-order valence-corrected chi connectivity index (χ4v) is 2.11. The first kappa shape index (κ1) is 15.5. The lowest BCUT2D eigenvalue weighted by atomic mass is 10.3. The van der Waals surface area contributed by atoms with Crippen molar-refractivity contribution in [3.63, 3.8) is 0 Å². The van der Waals surface area contributed by atoms with E-state index in [4.69, 9.17) is 8.94 Å². The number of nitrogens with zero attached hydrogens (tertiary/aromatic N) is 4. The number of furan rings is 1. The van der Waals surface area contributed by atoms with Gasteiger partial charge in [0.05, 0.1) is 11.5 Å². The fourth-order valence-electron chi connectivity index (χ4n) is 2.11. The molecule has 0 radical (unpaired) electrons. The molecule has 0 aliphatic heterocycles. The van der Waals surface area contributed by atoms with Gasteiger partial charge in [0.15, 0.2) is 11.5 Å². The van der Waals surface area contributed by atoms with Crippen LogP contribution in [-0.2, 0) is 6.54 Å². The molecular weight excluding hydrogens is 318 g/mol. The van der Waals surface area contributed by atoms with Gasteiger partial charge in [0, 0.05) is 0 Å². The smallest absolute Gasteiger partial charge is 0.307 e. The van der Waals surface area contributed by atoms with Crippen molar-refractivity contribution in [3.05, 3.63) is 57.6 Å². The number of nitro groups is 1. The van der Waals surface area contributed by atoms with Crippen LogP contribution in [0.15, 0.2) is 33.5 Å². The van der Waals surface area contributed by atoms with E-state index >= 15 is 0 Å². The van der Waals surface area contributed by atoms with Crippen LogP contribution in [0.2, 0.25) is 0 Å². The van der Waals surface area contributed by atoms with E-state index in [-0.39, 0.29) is 18.0 Å². The number of hydrogen-bond acceptors (Lipinski definition) is 7. The molecular formula is C14H13N5O5. The monoisotopic (exact) mass is 331 g/mol. The van der Waals surface area contributed by atoms with Crippen LogP contribution in [0.1, 0.15) is 27.8 Å². The van der Waals surface area contributed by atoms with Crippen molar-refractivity contribution in [1.82, 2.24) is 14.9 Å². The zero-order valence-electron chi connectivity index (χ0n) is 12.8. The summed E-state index contributed by atoms with van der Waals surface area (Å²) < 4.78 is 11.8. The SMILES string of the molecule is Cc1noc(C)c1NC(=O)c1ccc(Cn2cc([N+](=O)[O-])cn2)o1. The van der Waals surface area contributed by atoms with Gasteiger partial charge in [-0.25, -0.2) is 0 Å². The Kier molecular flexibility index (Phi) is 3.86. The summed E-state index contributed by atoms with van der Waals surface area (Å²) >= 11 is 0. The predicted octanol–water partition coefficient (Wildman–Crippen LogP) is 2.29. The lowest BCUT2D eigenvalue weighted by molar-refractivity contribution is -0.385. The van der Waals surface area contributed by atoms with Crippen LogP contribution in [-0.4, -0.2) is 25.8 Å². The highest BCUT2D eigenvalue weighted by Crippen LogP contribution is 2.20. The van der Waals surface area contributed by atoms with E-state index in [1.807, 2.05) is 0 Å². The maximum Gasteiger partial charge on any atom is 0.307 e. The molecule has 0 saturated heterocycles. The molecule has 0 aliphatic carbocycles. The van der Waals surface area contributed by atoms with Gasteiger partial charge in [0.1, 0.15) is 29.5 Å². The Balaban J connectivity index is 1.70. The molecule has 1 N–H and O–H groups in total. The van der Waals surface area contributed by atoms with Gasteiger partial charge >= 0.3 is 5.69 Å². The van der Waals surface area contributed by atoms with Gasteiger partial charge in [-0.2, -0.15) is 5.10 Å². The second-order valence-corrected chi connectivity index (χ2v) is 5.07. The van der Waals surface area contributed by atoms with Crippen LogP contribution in [0.4, 0.5) is 11.4 Å². The molecule has 10 nitrogen and oxygen atoms in total. The number of carbonyl (C=O) groups is 1. The Labute approximate surface area is 135 Å². The molecule has 1 amide bonds. The lowest BCUT2D eigenvalue weighted by Gasteiger charge is -2.01. The summed E-state index contributed by atoms with van der Waals surface area (Å²) in [6, 6.07) is 3.12. The van der Waals surface area contributed by atoms with E-state index in [1.54, 1.807) is 19.9 Å². The van der Waals surface area contributed by atoms with Crippen molar-refractivity contribution in [2.24, 2.45) is 0 Å². The molecule has 0 aromatic carbocycles. The molecule has 3 aromatic heterocycles. The van der Waals surface area contributed by atoms with Crippen molar-refractivity contribution in [2.75, 3.05) is 5.32 Å². The number of amides is 1. The maximum atomic E-state index is 12.2. The summed E-state index contributed by atoms with van der Waals surface area (Å²) in [5.41, 5.74) is 0.954. The zero-order chi connectivity index (χ0) is 17.3. The first-order valence-electron chi connectivity index (χ1n) is 6.94. The van der Waals surface area contributed by atoms with Crippen LogP contribution >= 0.6 is 0 Å². The summed E-state index contributed by atoms with van der Waals surface area (Å²) in [6.45, 7) is 3.57. The number of aryl methyl sites for hydroxylation is 2. The normalized spacial score (nSPS) is 10.8. The van der Waals surface area contributed by atoms with Crippen molar-refractivity contribution in [2.45, 2.75) is 20.4 Å². The highest BCUT2D eigenvalue weighted by atomic mass is 16.6. The standard InChI is InChI=1S/C14H13N5O5/c1-8-13(9(2)24-17-8)16-14(20)12-4-3-11(23-12)7-18-6-10(5-15-18)19(21)22/h3-6H,7H2,1-2H3,(H,16,20). The van der Waals surface area contributed by atoms with Crippen molar-refractivity contribution < 1.29 is 18.7 Å². The van der Waals surface area contributed by atoms with E-state index in [2.05, 4.69) is 15.6 Å². The Morgan fingerprint density at radius 1 is 1.42 bits per heavy atom. The highest BCUT2D eigenvalue weighted by molar-refractivity contribution is 6.02. The summed E-state index contributed by atoms with van der Waals surface area (Å²) in [7, 11) is 0. The third kappa shape index (κ3) is 3.02. The molecule has 10 heteroatoms. The molecule has 0 unspecified atom stereocenters. The second-order valence-electron chi connectivity index (χ2n) is 5.07. The van der Waals surface area contributed by atoms with Gasteiger partial charge < -0.3 is 14.3 Å². The number of aromatic nitrogens is 3. The third-order valence-corrected chi connectivity index (χ3v) is 3.31. The van der Waals surface area contributed by atoms with Crippen molar-refractivity contribution in [3.8, 4) is 0 Å². The van der Waals surface area contributed by atoms with Crippen LogP contribution in [0.3, 0.4) is 0 Å².